The quantitative estimate of drug-likeness (QED) is 0.587. The molecule has 0 saturated carbocycles. The lowest BCUT2D eigenvalue weighted by atomic mass is 10.0. The number of benzene rings is 1. The van der Waals surface area contributed by atoms with Gasteiger partial charge in [0.2, 0.25) is 0 Å². The van der Waals surface area contributed by atoms with Crippen LogP contribution in [0.3, 0.4) is 0 Å². The van der Waals surface area contributed by atoms with Crippen LogP contribution >= 0.6 is 0 Å². The number of nitro groups is 1. The Bertz CT molecular complexity index is 475. The van der Waals surface area contributed by atoms with E-state index in [9.17, 15) is 10.1 Å². The van der Waals surface area contributed by atoms with Crippen LogP contribution in [0.1, 0.15) is 27.7 Å². The van der Waals surface area contributed by atoms with E-state index in [-0.39, 0.29) is 17.8 Å². The van der Waals surface area contributed by atoms with Gasteiger partial charge in [0.15, 0.2) is 0 Å². The summed E-state index contributed by atoms with van der Waals surface area (Å²) < 4.78 is 10.8. The molecule has 0 fully saturated rings. The molecule has 21 heavy (non-hydrogen) atoms. The molecule has 6 heteroatoms. The van der Waals surface area contributed by atoms with Crippen LogP contribution in [-0.2, 0) is 4.74 Å². The molecule has 0 aliphatic rings. The van der Waals surface area contributed by atoms with Crippen molar-refractivity contribution in [3.05, 3.63) is 28.3 Å². The molecule has 1 unspecified atom stereocenters. The second-order valence-corrected chi connectivity index (χ2v) is 5.59. The molecule has 1 atom stereocenters. The second-order valence-electron chi connectivity index (χ2n) is 5.59. The summed E-state index contributed by atoms with van der Waals surface area (Å²) in [6.07, 6.45) is -0.0419. The van der Waals surface area contributed by atoms with E-state index in [1.165, 1.54) is 12.1 Å². The lowest BCUT2D eigenvalue weighted by Crippen LogP contribution is -2.30. The zero-order chi connectivity index (χ0) is 16.0. The molecule has 6 nitrogen and oxygen atoms in total. The maximum absolute atomic E-state index is 11.0. The molecular formula is C15H24N2O4. The predicted octanol–water partition coefficient (Wildman–Crippen LogP) is 3.46. The first-order valence-electron chi connectivity index (χ1n) is 7.05. The second kappa shape index (κ2) is 7.83. The third-order valence-electron chi connectivity index (χ3n) is 2.98. The van der Waals surface area contributed by atoms with E-state index in [1.807, 2.05) is 13.8 Å². The van der Waals surface area contributed by atoms with Crippen LogP contribution in [0.5, 0.6) is 5.75 Å². The minimum atomic E-state index is -0.418. The molecule has 0 aliphatic carbocycles. The number of non-ortho nitro benzene ring substituents is 1. The zero-order valence-corrected chi connectivity index (χ0v) is 13.3. The summed E-state index contributed by atoms with van der Waals surface area (Å²) in [5.74, 6) is 0.820. The van der Waals surface area contributed by atoms with Gasteiger partial charge in [-0.2, -0.15) is 0 Å². The molecule has 0 heterocycles. The molecule has 1 N–H and O–H groups in total. The van der Waals surface area contributed by atoms with E-state index < -0.39 is 4.92 Å². The van der Waals surface area contributed by atoms with Gasteiger partial charge >= 0.3 is 0 Å². The summed E-state index contributed by atoms with van der Waals surface area (Å²) in [7, 11) is 1.64. The summed E-state index contributed by atoms with van der Waals surface area (Å²) in [4.78, 5) is 10.6. The first-order chi connectivity index (χ1) is 9.83. The Morgan fingerprint density at radius 1 is 1.24 bits per heavy atom. The molecule has 1 rings (SSSR count). The van der Waals surface area contributed by atoms with Crippen LogP contribution in [0, 0.1) is 16.0 Å². The highest BCUT2D eigenvalue weighted by Crippen LogP contribution is 2.27. The van der Waals surface area contributed by atoms with Gasteiger partial charge in [-0.15, -0.1) is 0 Å². The zero-order valence-electron chi connectivity index (χ0n) is 13.3. The molecule has 0 aromatic heterocycles. The van der Waals surface area contributed by atoms with Crippen molar-refractivity contribution in [2.24, 2.45) is 5.92 Å². The summed E-state index contributed by atoms with van der Waals surface area (Å²) in [6, 6.07) is 4.80. The highest BCUT2D eigenvalue weighted by Gasteiger charge is 2.16. The molecule has 0 spiro atoms. The van der Waals surface area contributed by atoms with Gasteiger partial charge in [0.25, 0.3) is 5.69 Å². The topological polar surface area (TPSA) is 73.6 Å². The predicted molar refractivity (Wildman–Crippen MR) is 83.0 cm³/mol. The van der Waals surface area contributed by atoms with E-state index in [1.54, 1.807) is 13.2 Å². The van der Waals surface area contributed by atoms with Gasteiger partial charge in [0.1, 0.15) is 5.75 Å². The lowest BCUT2D eigenvalue weighted by molar-refractivity contribution is -0.384. The molecule has 0 aliphatic heterocycles. The fourth-order valence-electron chi connectivity index (χ4n) is 1.91. The van der Waals surface area contributed by atoms with Crippen molar-refractivity contribution in [1.29, 1.82) is 0 Å². The molecule has 1 aromatic carbocycles. The highest BCUT2D eigenvalue weighted by atomic mass is 16.6. The Morgan fingerprint density at radius 2 is 1.90 bits per heavy atom. The standard InChI is InChI=1S/C15H24N2O4/c1-10(2)15(9-20-5)16-12-6-13(17(18)19)8-14(7-12)21-11(3)4/h6-8,10-11,15-16H,9H2,1-5H3. The maximum Gasteiger partial charge on any atom is 0.275 e. The molecule has 0 amide bonds. The summed E-state index contributed by atoms with van der Waals surface area (Å²) in [5.41, 5.74) is 0.672. The number of nitrogens with zero attached hydrogens (tertiary/aromatic N) is 1. The number of rotatable bonds is 8. The molecule has 0 bridgehead atoms. The molecule has 0 saturated heterocycles. The molecule has 118 valence electrons. The number of methoxy groups -OCH3 is 1. The molecule has 0 radical (unpaired) electrons. The van der Waals surface area contributed by atoms with Gasteiger partial charge in [-0.1, -0.05) is 13.8 Å². The van der Waals surface area contributed by atoms with Crippen LogP contribution in [0.25, 0.3) is 0 Å². The SMILES string of the molecule is COCC(Nc1cc(OC(C)C)cc([N+](=O)[O-])c1)C(C)C. The average molecular weight is 296 g/mol. The first kappa shape index (κ1) is 17.2. The number of anilines is 1. The molecular weight excluding hydrogens is 272 g/mol. The minimum Gasteiger partial charge on any atom is -0.491 e. The Kier molecular flexibility index (Phi) is 6.42. The van der Waals surface area contributed by atoms with Crippen molar-refractivity contribution >= 4 is 11.4 Å². The fraction of sp³-hybridized carbons (Fsp3) is 0.600. The minimum absolute atomic E-state index is 0.00979. The van der Waals surface area contributed by atoms with Crippen molar-refractivity contribution in [3.63, 3.8) is 0 Å². The normalized spacial score (nSPS) is 12.5. The van der Waals surface area contributed by atoms with Crippen LogP contribution in [0.2, 0.25) is 0 Å². The fourth-order valence-corrected chi connectivity index (χ4v) is 1.91. The van der Waals surface area contributed by atoms with Crippen molar-refractivity contribution in [2.45, 2.75) is 39.8 Å². The van der Waals surface area contributed by atoms with Gasteiger partial charge in [-0.3, -0.25) is 10.1 Å². The summed E-state index contributed by atoms with van der Waals surface area (Å²) in [5, 5.41) is 14.3. The average Bonchev–Trinajstić information content (AvgIpc) is 2.36. The van der Waals surface area contributed by atoms with Crippen LogP contribution in [0.15, 0.2) is 18.2 Å². The van der Waals surface area contributed by atoms with E-state index in [0.717, 1.165) is 0 Å². The van der Waals surface area contributed by atoms with Gasteiger partial charge in [-0.05, 0) is 19.8 Å². The number of ether oxygens (including phenoxy) is 2. The first-order valence-corrected chi connectivity index (χ1v) is 7.05. The third-order valence-corrected chi connectivity index (χ3v) is 2.98. The monoisotopic (exact) mass is 296 g/mol. The highest BCUT2D eigenvalue weighted by molar-refractivity contribution is 5.57. The van der Waals surface area contributed by atoms with Gasteiger partial charge in [0.05, 0.1) is 29.7 Å². The van der Waals surface area contributed by atoms with Gasteiger partial charge in [-0.25, -0.2) is 0 Å². The van der Waals surface area contributed by atoms with E-state index in [2.05, 4.69) is 19.2 Å². The largest absolute Gasteiger partial charge is 0.491 e. The van der Waals surface area contributed by atoms with Crippen LogP contribution in [-0.4, -0.2) is 30.8 Å². The Morgan fingerprint density at radius 3 is 2.38 bits per heavy atom. The van der Waals surface area contributed by atoms with E-state index >= 15 is 0 Å². The van der Waals surface area contributed by atoms with Crippen molar-refractivity contribution in [1.82, 2.24) is 0 Å². The van der Waals surface area contributed by atoms with Crippen molar-refractivity contribution in [2.75, 3.05) is 19.0 Å². The van der Waals surface area contributed by atoms with Crippen LogP contribution < -0.4 is 10.1 Å². The maximum atomic E-state index is 11.0. The van der Waals surface area contributed by atoms with Gasteiger partial charge in [0, 0.05) is 24.9 Å². The lowest BCUT2D eigenvalue weighted by Gasteiger charge is -2.23. The Hall–Kier alpha value is -1.82. The summed E-state index contributed by atoms with van der Waals surface area (Å²) >= 11 is 0. The third kappa shape index (κ3) is 5.59. The van der Waals surface area contributed by atoms with E-state index in [4.69, 9.17) is 9.47 Å². The van der Waals surface area contributed by atoms with E-state index in [0.29, 0.717) is 24.0 Å². The summed E-state index contributed by atoms with van der Waals surface area (Å²) in [6.45, 7) is 8.43. The Labute approximate surface area is 125 Å². The van der Waals surface area contributed by atoms with Gasteiger partial charge < -0.3 is 14.8 Å². The number of nitro benzene ring substituents is 1. The Balaban J connectivity index is 3.03. The van der Waals surface area contributed by atoms with Crippen molar-refractivity contribution in [3.8, 4) is 5.75 Å². The number of hydrogen-bond donors (Lipinski definition) is 1. The smallest absolute Gasteiger partial charge is 0.275 e. The molecule has 1 aromatic rings. The number of nitrogens with one attached hydrogen (secondary N) is 1. The number of hydrogen-bond acceptors (Lipinski definition) is 5. The van der Waals surface area contributed by atoms with Crippen molar-refractivity contribution < 1.29 is 14.4 Å². The van der Waals surface area contributed by atoms with Crippen LogP contribution in [0.4, 0.5) is 11.4 Å².